The lowest BCUT2D eigenvalue weighted by molar-refractivity contribution is -0.129. The molecule has 0 bridgehead atoms. The van der Waals surface area contributed by atoms with Gasteiger partial charge in [0.25, 0.3) is 0 Å². The molecule has 1 aliphatic carbocycles. The fourth-order valence-electron chi connectivity index (χ4n) is 5.03. The third-order valence-electron chi connectivity index (χ3n) is 7.19. The normalized spacial score (nSPS) is 22.9. The molecule has 2 unspecified atom stereocenters. The van der Waals surface area contributed by atoms with Crippen LogP contribution in [0.1, 0.15) is 60.5 Å². The number of likely N-dealkylation sites (tertiary alicyclic amines) is 1. The van der Waals surface area contributed by atoms with E-state index in [1.807, 2.05) is 24.1 Å². The summed E-state index contributed by atoms with van der Waals surface area (Å²) >= 11 is 0. The summed E-state index contributed by atoms with van der Waals surface area (Å²) < 4.78 is 23.9. The van der Waals surface area contributed by atoms with Crippen molar-refractivity contribution in [3.8, 4) is 0 Å². The first-order chi connectivity index (χ1) is 17.1. The first kappa shape index (κ1) is 27.3. The minimum atomic E-state index is -0.799. The molecule has 2 atom stereocenters. The van der Waals surface area contributed by atoms with Gasteiger partial charge < -0.3 is 16.0 Å². The number of carbonyl (C=O) groups is 3. The van der Waals surface area contributed by atoms with Crippen LogP contribution in [-0.2, 0) is 22.4 Å². The highest BCUT2D eigenvalue weighted by Gasteiger charge is 2.44. The van der Waals surface area contributed by atoms with Gasteiger partial charge in [0, 0.05) is 32.1 Å². The Kier molecular flexibility index (Phi) is 9.18. The molecule has 0 aromatic heterocycles. The average molecular weight is 500 g/mol. The van der Waals surface area contributed by atoms with E-state index in [4.69, 9.17) is 5.73 Å². The number of nitrogens with one attached hydrogen (secondary N) is 1. The molecule has 36 heavy (non-hydrogen) atoms. The van der Waals surface area contributed by atoms with Crippen LogP contribution in [0.25, 0.3) is 0 Å². The minimum absolute atomic E-state index is 0.187. The minimum Gasteiger partial charge on any atom is -0.366 e. The zero-order valence-electron chi connectivity index (χ0n) is 21.0. The summed E-state index contributed by atoms with van der Waals surface area (Å²) in [6.45, 7) is 3.93. The molecule has 2 aromatic rings. The molecule has 5 rings (SSSR count). The van der Waals surface area contributed by atoms with Crippen molar-refractivity contribution in [2.75, 3.05) is 20.1 Å². The van der Waals surface area contributed by atoms with E-state index in [1.165, 1.54) is 24.1 Å². The molecule has 6 nitrogen and oxygen atoms in total. The molecule has 2 fully saturated rings. The van der Waals surface area contributed by atoms with Crippen molar-refractivity contribution in [1.29, 1.82) is 0 Å². The van der Waals surface area contributed by atoms with Crippen molar-refractivity contribution in [2.24, 2.45) is 17.1 Å². The Labute approximate surface area is 211 Å². The van der Waals surface area contributed by atoms with Crippen LogP contribution in [-0.4, -0.2) is 42.8 Å². The number of aryl methyl sites for hydroxylation is 1. The number of fused-ring (bicyclic) bond motifs is 1. The number of halogens is 2. The second-order valence-electron chi connectivity index (χ2n) is 10.00. The van der Waals surface area contributed by atoms with Gasteiger partial charge in [-0.2, -0.15) is 0 Å². The summed E-state index contributed by atoms with van der Waals surface area (Å²) in [4.78, 5) is 36.0. The average Bonchev–Trinajstić information content (AvgIpc) is 3.12. The van der Waals surface area contributed by atoms with Gasteiger partial charge in [-0.25, -0.2) is 8.78 Å². The SMILES string of the molecule is CC1CCCC(=O)N(C)C1.Fc1ccccc1F.NC(=O)c1ccc2c(c1)CCC1(CCNC1=O)C2. The highest BCUT2D eigenvalue weighted by molar-refractivity contribution is 5.93. The molecule has 2 aliphatic heterocycles. The van der Waals surface area contributed by atoms with Gasteiger partial charge in [0.15, 0.2) is 11.6 Å². The van der Waals surface area contributed by atoms with Crippen molar-refractivity contribution in [1.82, 2.24) is 10.2 Å². The van der Waals surface area contributed by atoms with Gasteiger partial charge in [0.1, 0.15) is 0 Å². The Morgan fingerprint density at radius 1 is 1.06 bits per heavy atom. The van der Waals surface area contributed by atoms with E-state index < -0.39 is 17.5 Å². The van der Waals surface area contributed by atoms with Gasteiger partial charge in [-0.3, -0.25) is 14.4 Å². The van der Waals surface area contributed by atoms with E-state index in [9.17, 15) is 23.2 Å². The summed E-state index contributed by atoms with van der Waals surface area (Å²) in [7, 11) is 1.89. The molecule has 3 amide bonds. The monoisotopic (exact) mass is 499 g/mol. The maximum atomic E-state index is 12.0. The van der Waals surface area contributed by atoms with E-state index >= 15 is 0 Å². The summed E-state index contributed by atoms with van der Waals surface area (Å²) in [6.07, 6.45) is 6.45. The first-order valence-corrected chi connectivity index (χ1v) is 12.5. The summed E-state index contributed by atoms with van der Waals surface area (Å²) in [5.74, 6) is -0.801. The Morgan fingerprint density at radius 3 is 2.33 bits per heavy atom. The quantitative estimate of drug-likeness (QED) is 0.621. The Balaban J connectivity index is 0.000000169. The fourth-order valence-corrected chi connectivity index (χ4v) is 5.03. The number of nitrogens with zero attached hydrogens (tertiary/aromatic N) is 1. The van der Waals surface area contributed by atoms with Crippen LogP contribution >= 0.6 is 0 Å². The molecule has 2 aromatic carbocycles. The lowest BCUT2D eigenvalue weighted by Crippen LogP contribution is -2.36. The largest absolute Gasteiger partial charge is 0.366 e. The van der Waals surface area contributed by atoms with Gasteiger partial charge in [0.2, 0.25) is 17.7 Å². The number of carbonyl (C=O) groups excluding carboxylic acids is 3. The second-order valence-corrected chi connectivity index (χ2v) is 10.00. The fraction of sp³-hybridized carbons (Fsp3) is 0.464. The number of amides is 3. The Bertz CT molecular complexity index is 1090. The molecule has 3 aliphatic rings. The van der Waals surface area contributed by atoms with E-state index in [0.717, 1.165) is 69.3 Å². The standard InChI is InChI=1S/C14H16N2O2.C8H15NO.C6H4F2/c15-12(17)10-1-2-11-8-14(4-3-9(11)7-10)5-6-16-13(14)18;1-7-4-3-5-8(10)9(2)6-7;7-5-3-1-2-4-6(5)8/h1-2,7H,3-6,8H2,(H2,15,17)(H,16,18);7H,3-6H2,1-2H3;1-4H. The third kappa shape index (κ3) is 6.89. The molecule has 3 N–H and O–H groups in total. The molecule has 194 valence electrons. The summed E-state index contributed by atoms with van der Waals surface area (Å²) in [5.41, 5.74) is 7.98. The molecule has 2 saturated heterocycles. The zero-order chi connectivity index (χ0) is 26.3. The van der Waals surface area contributed by atoms with Gasteiger partial charge in [-0.1, -0.05) is 25.1 Å². The third-order valence-corrected chi connectivity index (χ3v) is 7.19. The Hall–Kier alpha value is -3.29. The number of rotatable bonds is 1. The van der Waals surface area contributed by atoms with Gasteiger partial charge in [-0.15, -0.1) is 0 Å². The molecular weight excluding hydrogens is 464 g/mol. The molecule has 0 saturated carbocycles. The number of hydrogen-bond donors (Lipinski definition) is 2. The van der Waals surface area contributed by atoms with Crippen molar-refractivity contribution in [3.63, 3.8) is 0 Å². The van der Waals surface area contributed by atoms with Crippen LogP contribution in [0.5, 0.6) is 0 Å². The van der Waals surface area contributed by atoms with Crippen molar-refractivity contribution < 1.29 is 23.2 Å². The topological polar surface area (TPSA) is 92.5 Å². The number of nitrogens with two attached hydrogens (primary N) is 1. The number of benzene rings is 2. The van der Waals surface area contributed by atoms with Crippen LogP contribution in [0.4, 0.5) is 8.78 Å². The predicted octanol–water partition coefficient (Wildman–Crippen LogP) is 4.01. The maximum absolute atomic E-state index is 12.0. The van der Waals surface area contributed by atoms with Gasteiger partial charge in [-0.05, 0) is 79.8 Å². The van der Waals surface area contributed by atoms with E-state index in [1.54, 1.807) is 6.07 Å². The van der Waals surface area contributed by atoms with Crippen LogP contribution in [0.3, 0.4) is 0 Å². The van der Waals surface area contributed by atoms with Crippen LogP contribution in [0.2, 0.25) is 0 Å². The molecule has 0 radical (unpaired) electrons. The van der Waals surface area contributed by atoms with Crippen molar-refractivity contribution in [3.05, 3.63) is 70.8 Å². The van der Waals surface area contributed by atoms with Crippen LogP contribution in [0, 0.1) is 23.0 Å². The highest BCUT2D eigenvalue weighted by atomic mass is 19.2. The smallest absolute Gasteiger partial charge is 0.248 e. The number of primary amides is 1. The van der Waals surface area contributed by atoms with E-state index in [2.05, 4.69) is 12.2 Å². The summed E-state index contributed by atoms with van der Waals surface area (Å²) in [6, 6.07) is 10.6. The molecule has 8 heteroatoms. The number of hydrogen-bond acceptors (Lipinski definition) is 3. The van der Waals surface area contributed by atoms with E-state index in [0.29, 0.717) is 17.4 Å². The second kappa shape index (κ2) is 12.1. The molecule has 1 spiro atoms. The van der Waals surface area contributed by atoms with Gasteiger partial charge >= 0.3 is 0 Å². The molecule has 2 heterocycles. The highest BCUT2D eigenvalue weighted by Crippen LogP contribution is 2.41. The van der Waals surface area contributed by atoms with E-state index in [-0.39, 0.29) is 11.3 Å². The van der Waals surface area contributed by atoms with Crippen LogP contribution in [0.15, 0.2) is 42.5 Å². The lowest BCUT2D eigenvalue weighted by atomic mass is 9.70. The lowest BCUT2D eigenvalue weighted by Gasteiger charge is -2.32. The molecular formula is C28H35F2N3O3. The maximum Gasteiger partial charge on any atom is 0.248 e. The summed E-state index contributed by atoms with van der Waals surface area (Å²) in [5, 5.41) is 2.93. The van der Waals surface area contributed by atoms with Gasteiger partial charge in [0.05, 0.1) is 5.41 Å². The first-order valence-electron chi connectivity index (χ1n) is 12.5. The van der Waals surface area contributed by atoms with Crippen molar-refractivity contribution in [2.45, 2.75) is 51.9 Å². The Morgan fingerprint density at radius 2 is 1.75 bits per heavy atom. The predicted molar refractivity (Wildman–Crippen MR) is 134 cm³/mol. The van der Waals surface area contributed by atoms with Crippen LogP contribution < -0.4 is 11.1 Å². The zero-order valence-corrected chi connectivity index (χ0v) is 21.0. The van der Waals surface area contributed by atoms with Crippen molar-refractivity contribution >= 4 is 17.7 Å².